The predicted molar refractivity (Wildman–Crippen MR) is 92.2 cm³/mol. The maximum atomic E-state index is 12.4. The lowest BCUT2D eigenvalue weighted by atomic mass is 10.0. The number of nitrogens with zero attached hydrogens (tertiary/aromatic N) is 3. The standard InChI is InChI=1S/C18H22N4O4/c1-22-10-20-21-17(22)12-6-13(14(23)7-12)9-19-18(24)11-2-3-15-16(8-11)26-5-4-25-15/h2-3,8,10,12-14,23H,4-7,9H2,1H3,(H,19,24)/t12-,13+,14+/m0/s1. The molecule has 1 aromatic carbocycles. The number of benzene rings is 1. The van der Waals surface area contributed by atoms with Crippen molar-refractivity contribution in [3.63, 3.8) is 0 Å². The molecule has 0 bridgehead atoms. The van der Waals surface area contributed by atoms with Gasteiger partial charge in [0.1, 0.15) is 25.4 Å². The van der Waals surface area contributed by atoms with Crippen molar-refractivity contribution >= 4 is 5.91 Å². The molecule has 1 aromatic heterocycles. The molecule has 0 saturated heterocycles. The molecule has 138 valence electrons. The Hall–Kier alpha value is -2.61. The number of amides is 1. The van der Waals surface area contributed by atoms with Crippen molar-refractivity contribution in [2.45, 2.75) is 24.9 Å². The summed E-state index contributed by atoms with van der Waals surface area (Å²) in [5.74, 6) is 2.10. The lowest BCUT2D eigenvalue weighted by Crippen LogP contribution is -2.32. The van der Waals surface area contributed by atoms with Gasteiger partial charge in [0.2, 0.25) is 0 Å². The van der Waals surface area contributed by atoms with E-state index in [1.54, 1.807) is 24.5 Å². The van der Waals surface area contributed by atoms with E-state index >= 15 is 0 Å². The van der Waals surface area contributed by atoms with Crippen LogP contribution in [-0.4, -0.2) is 51.6 Å². The number of hydrogen-bond acceptors (Lipinski definition) is 6. The normalized spacial score (nSPS) is 24.5. The van der Waals surface area contributed by atoms with Gasteiger partial charge in [0, 0.05) is 31.0 Å². The van der Waals surface area contributed by atoms with Crippen molar-refractivity contribution in [1.29, 1.82) is 0 Å². The van der Waals surface area contributed by atoms with E-state index in [-0.39, 0.29) is 17.7 Å². The van der Waals surface area contributed by atoms with Crippen LogP contribution in [0.15, 0.2) is 24.5 Å². The Bertz CT molecular complexity index is 806. The number of rotatable bonds is 4. The lowest BCUT2D eigenvalue weighted by Gasteiger charge is -2.19. The minimum absolute atomic E-state index is 0.00198. The smallest absolute Gasteiger partial charge is 0.251 e. The maximum Gasteiger partial charge on any atom is 0.251 e. The summed E-state index contributed by atoms with van der Waals surface area (Å²) >= 11 is 0. The molecule has 2 N–H and O–H groups in total. The second-order valence-corrected chi connectivity index (χ2v) is 6.86. The van der Waals surface area contributed by atoms with Crippen LogP contribution in [-0.2, 0) is 7.05 Å². The van der Waals surface area contributed by atoms with Crippen molar-refractivity contribution in [3.8, 4) is 11.5 Å². The first-order chi connectivity index (χ1) is 12.6. The van der Waals surface area contributed by atoms with E-state index < -0.39 is 6.10 Å². The van der Waals surface area contributed by atoms with Crippen LogP contribution < -0.4 is 14.8 Å². The van der Waals surface area contributed by atoms with Gasteiger partial charge in [-0.2, -0.15) is 0 Å². The summed E-state index contributed by atoms with van der Waals surface area (Å²) in [7, 11) is 1.90. The van der Waals surface area contributed by atoms with Crippen molar-refractivity contribution in [2.75, 3.05) is 19.8 Å². The third-order valence-electron chi connectivity index (χ3n) is 5.10. The summed E-state index contributed by atoms with van der Waals surface area (Å²) in [6.45, 7) is 1.42. The van der Waals surface area contributed by atoms with Crippen LogP contribution in [0, 0.1) is 5.92 Å². The van der Waals surface area contributed by atoms with Gasteiger partial charge in [-0.15, -0.1) is 10.2 Å². The Morgan fingerprint density at radius 3 is 2.88 bits per heavy atom. The highest BCUT2D eigenvalue weighted by Crippen LogP contribution is 2.37. The summed E-state index contributed by atoms with van der Waals surface area (Å²) in [5.41, 5.74) is 0.520. The van der Waals surface area contributed by atoms with E-state index in [4.69, 9.17) is 9.47 Å². The third kappa shape index (κ3) is 3.24. The molecule has 0 spiro atoms. The van der Waals surface area contributed by atoms with Gasteiger partial charge >= 0.3 is 0 Å². The van der Waals surface area contributed by atoms with Crippen LogP contribution in [0.4, 0.5) is 0 Å². The molecular weight excluding hydrogens is 336 g/mol. The summed E-state index contributed by atoms with van der Waals surface area (Å²) in [5, 5.41) is 21.3. The third-order valence-corrected chi connectivity index (χ3v) is 5.10. The average Bonchev–Trinajstić information content (AvgIpc) is 3.24. The van der Waals surface area contributed by atoms with Gasteiger partial charge in [0.25, 0.3) is 5.91 Å². The molecule has 1 amide bonds. The fourth-order valence-electron chi connectivity index (χ4n) is 3.71. The van der Waals surface area contributed by atoms with E-state index in [0.29, 0.717) is 43.2 Å². The SMILES string of the molecule is Cn1cnnc1[C@H]1C[C@H](CNC(=O)c2ccc3c(c2)OCCO3)[C@H](O)C1. The molecule has 0 unspecified atom stereocenters. The number of carbonyl (C=O) groups is 1. The Morgan fingerprint density at radius 2 is 2.12 bits per heavy atom. The zero-order chi connectivity index (χ0) is 18.1. The van der Waals surface area contributed by atoms with Crippen LogP contribution in [0.5, 0.6) is 11.5 Å². The Balaban J connectivity index is 1.36. The van der Waals surface area contributed by atoms with Gasteiger partial charge in [-0.25, -0.2) is 0 Å². The van der Waals surface area contributed by atoms with Crippen LogP contribution in [0.25, 0.3) is 0 Å². The summed E-state index contributed by atoms with van der Waals surface area (Å²) in [6, 6.07) is 5.16. The molecule has 1 aliphatic heterocycles. The number of ether oxygens (including phenoxy) is 2. The van der Waals surface area contributed by atoms with Crippen LogP contribution in [0.2, 0.25) is 0 Å². The highest BCUT2D eigenvalue weighted by atomic mass is 16.6. The highest BCUT2D eigenvalue weighted by Gasteiger charge is 2.36. The number of aliphatic hydroxyl groups excluding tert-OH is 1. The molecule has 1 aliphatic carbocycles. The number of aliphatic hydroxyl groups is 1. The molecule has 1 fully saturated rings. The summed E-state index contributed by atoms with van der Waals surface area (Å²) in [4.78, 5) is 12.4. The van der Waals surface area contributed by atoms with Gasteiger partial charge < -0.3 is 24.5 Å². The number of carbonyl (C=O) groups excluding carboxylic acids is 1. The fourth-order valence-corrected chi connectivity index (χ4v) is 3.71. The van der Waals surface area contributed by atoms with Gasteiger partial charge in [-0.1, -0.05) is 0 Å². The monoisotopic (exact) mass is 358 g/mol. The van der Waals surface area contributed by atoms with Crippen LogP contribution in [0.3, 0.4) is 0 Å². The van der Waals surface area contributed by atoms with Crippen molar-refractivity contribution < 1.29 is 19.4 Å². The van der Waals surface area contributed by atoms with Crippen LogP contribution in [0.1, 0.15) is 34.9 Å². The molecular formula is C18H22N4O4. The summed E-state index contributed by atoms with van der Waals surface area (Å²) in [6.07, 6.45) is 2.61. The van der Waals surface area contributed by atoms with Gasteiger partial charge in [-0.05, 0) is 31.0 Å². The number of fused-ring (bicyclic) bond motifs is 1. The summed E-state index contributed by atoms with van der Waals surface area (Å²) < 4.78 is 12.9. The van der Waals surface area contributed by atoms with E-state index in [1.165, 1.54) is 0 Å². The van der Waals surface area contributed by atoms with E-state index in [1.807, 2.05) is 11.6 Å². The van der Waals surface area contributed by atoms with Gasteiger partial charge in [0.15, 0.2) is 11.5 Å². The molecule has 4 rings (SSSR count). The van der Waals surface area contributed by atoms with Crippen molar-refractivity contribution in [3.05, 3.63) is 35.9 Å². The Morgan fingerprint density at radius 1 is 1.31 bits per heavy atom. The largest absolute Gasteiger partial charge is 0.486 e. The van der Waals surface area contributed by atoms with E-state index in [9.17, 15) is 9.90 Å². The quantitative estimate of drug-likeness (QED) is 0.842. The van der Waals surface area contributed by atoms with Gasteiger partial charge in [-0.3, -0.25) is 4.79 Å². The number of aryl methyl sites for hydroxylation is 1. The molecule has 2 aliphatic rings. The molecule has 0 radical (unpaired) electrons. The number of hydrogen-bond donors (Lipinski definition) is 2. The molecule has 8 heteroatoms. The predicted octanol–water partition coefficient (Wildman–Crippen LogP) is 0.871. The van der Waals surface area contributed by atoms with E-state index in [2.05, 4.69) is 15.5 Å². The topological polar surface area (TPSA) is 98.5 Å². The zero-order valence-electron chi connectivity index (χ0n) is 14.6. The van der Waals surface area contributed by atoms with E-state index in [0.717, 1.165) is 12.2 Å². The minimum atomic E-state index is -0.461. The Kier molecular flexibility index (Phi) is 4.50. The lowest BCUT2D eigenvalue weighted by molar-refractivity contribution is 0.0915. The molecule has 2 heterocycles. The minimum Gasteiger partial charge on any atom is -0.486 e. The molecule has 2 aromatic rings. The first kappa shape index (κ1) is 16.8. The maximum absolute atomic E-state index is 12.4. The number of aromatic nitrogens is 3. The average molecular weight is 358 g/mol. The molecule has 1 saturated carbocycles. The first-order valence-corrected chi connectivity index (χ1v) is 8.81. The molecule has 8 nitrogen and oxygen atoms in total. The van der Waals surface area contributed by atoms with Crippen molar-refractivity contribution in [2.24, 2.45) is 13.0 Å². The second kappa shape index (κ2) is 6.95. The van der Waals surface area contributed by atoms with Crippen molar-refractivity contribution in [1.82, 2.24) is 20.1 Å². The molecule has 3 atom stereocenters. The van der Waals surface area contributed by atoms with Crippen LogP contribution >= 0.6 is 0 Å². The number of nitrogens with one attached hydrogen (secondary N) is 1. The second-order valence-electron chi connectivity index (χ2n) is 6.86. The first-order valence-electron chi connectivity index (χ1n) is 8.81. The fraction of sp³-hybridized carbons (Fsp3) is 0.500. The highest BCUT2D eigenvalue weighted by molar-refractivity contribution is 5.94. The molecule has 26 heavy (non-hydrogen) atoms. The Labute approximate surface area is 151 Å². The van der Waals surface area contributed by atoms with Gasteiger partial charge in [0.05, 0.1) is 6.10 Å². The zero-order valence-corrected chi connectivity index (χ0v) is 14.6.